The molecule has 1 atom stereocenters. The molecule has 5 heteroatoms. The van der Waals surface area contributed by atoms with Crippen LogP contribution in [0.15, 0.2) is 0 Å². The molecule has 1 rings (SSSR count). The highest BCUT2D eigenvalue weighted by Gasteiger charge is 2.31. The zero-order valence-corrected chi connectivity index (χ0v) is 8.46. The van der Waals surface area contributed by atoms with Crippen molar-refractivity contribution in [1.82, 2.24) is 0 Å². The van der Waals surface area contributed by atoms with Crippen molar-refractivity contribution in [1.29, 1.82) is 0 Å². The molecule has 0 bridgehead atoms. The number of aliphatic hydroxyl groups is 1. The second kappa shape index (κ2) is 4.39. The van der Waals surface area contributed by atoms with Crippen molar-refractivity contribution < 1.29 is 13.5 Å². The molecule has 0 aromatic carbocycles. The highest BCUT2D eigenvalue weighted by Crippen LogP contribution is 2.25. The Morgan fingerprint density at radius 1 is 1.31 bits per heavy atom. The summed E-state index contributed by atoms with van der Waals surface area (Å²) < 4.78 is 23.3. The minimum absolute atomic E-state index is 0.316. The summed E-state index contributed by atoms with van der Waals surface area (Å²) in [6.07, 6.45) is 4.44. The lowest BCUT2D eigenvalue weighted by atomic mass is 10.0. The quantitative estimate of drug-likeness (QED) is 0.683. The van der Waals surface area contributed by atoms with Crippen LogP contribution in [0.4, 0.5) is 0 Å². The number of aliphatic hydroxyl groups excluding tert-OH is 1. The van der Waals surface area contributed by atoms with E-state index in [2.05, 4.69) is 0 Å². The predicted molar refractivity (Wildman–Crippen MR) is 50.9 cm³/mol. The molecule has 78 valence electrons. The molecule has 1 saturated carbocycles. The van der Waals surface area contributed by atoms with Gasteiger partial charge in [0.1, 0.15) is 5.37 Å². The molecule has 1 fully saturated rings. The Kier molecular flexibility index (Phi) is 3.70. The van der Waals surface area contributed by atoms with Gasteiger partial charge in [-0.2, -0.15) is 0 Å². The van der Waals surface area contributed by atoms with Crippen molar-refractivity contribution in [2.24, 2.45) is 5.73 Å². The summed E-state index contributed by atoms with van der Waals surface area (Å²) in [4.78, 5) is 0. The fourth-order valence-corrected chi connectivity index (χ4v) is 3.44. The van der Waals surface area contributed by atoms with Crippen molar-refractivity contribution in [2.45, 2.75) is 42.7 Å². The van der Waals surface area contributed by atoms with Crippen LogP contribution in [-0.2, 0) is 9.84 Å². The third-order valence-corrected chi connectivity index (χ3v) is 5.01. The van der Waals surface area contributed by atoms with Gasteiger partial charge >= 0.3 is 0 Å². The zero-order chi connectivity index (χ0) is 9.90. The molecule has 13 heavy (non-hydrogen) atoms. The summed E-state index contributed by atoms with van der Waals surface area (Å²) in [5, 5.41) is 7.29. The minimum atomic E-state index is -3.28. The molecule has 0 heterocycles. The van der Waals surface area contributed by atoms with E-state index in [1.165, 1.54) is 0 Å². The van der Waals surface area contributed by atoms with E-state index in [0.717, 1.165) is 19.3 Å². The number of nitrogens with two attached hydrogens (primary N) is 1. The van der Waals surface area contributed by atoms with Gasteiger partial charge in [-0.3, -0.25) is 0 Å². The Morgan fingerprint density at radius 3 is 2.31 bits per heavy atom. The van der Waals surface area contributed by atoms with Crippen LogP contribution in [0.25, 0.3) is 0 Å². The van der Waals surface area contributed by atoms with Gasteiger partial charge in [0.2, 0.25) is 0 Å². The van der Waals surface area contributed by atoms with Gasteiger partial charge in [0.05, 0.1) is 11.9 Å². The van der Waals surface area contributed by atoms with Crippen LogP contribution in [0.2, 0.25) is 0 Å². The fraction of sp³-hybridized carbons (Fsp3) is 1.00. The molecule has 1 aliphatic rings. The van der Waals surface area contributed by atoms with Gasteiger partial charge in [0, 0.05) is 0 Å². The lowest BCUT2D eigenvalue weighted by Crippen LogP contribution is -2.41. The summed E-state index contributed by atoms with van der Waals surface area (Å²) in [7, 11) is -3.28. The molecule has 0 saturated heterocycles. The molecule has 1 unspecified atom stereocenters. The molecular formula is C8H17NO3S. The maximum absolute atomic E-state index is 11.6. The van der Waals surface area contributed by atoms with E-state index >= 15 is 0 Å². The van der Waals surface area contributed by atoms with Crippen LogP contribution >= 0.6 is 0 Å². The molecule has 3 N–H and O–H groups in total. The summed E-state index contributed by atoms with van der Waals surface area (Å²) in [5.41, 5.74) is 5.34. The topological polar surface area (TPSA) is 80.4 Å². The largest absolute Gasteiger partial charge is 0.394 e. The van der Waals surface area contributed by atoms with Crippen LogP contribution in [0, 0.1) is 0 Å². The summed E-state index contributed by atoms with van der Waals surface area (Å²) in [6.45, 7) is -0.473. The van der Waals surface area contributed by atoms with E-state index in [4.69, 9.17) is 10.8 Å². The Labute approximate surface area is 79.0 Å². The first-order valence-electron chi connectivity index (χ1n) is 4.68. The summed E-state index contributed by atoms with van der Waals surface area (Å²) in [6, 6.07) is 0. The second-order valence-corrected chi connectivity index (χ2v) is 6.02. The first-order valence-corrected chi connectivity index (χ1v) is 6.29. The zero-order valence-electron chi connectivity index (χ0n) is 7.65. The van der Waals surface area contributed by atoms with Gasteiger partial charge in [0.15, 0.2) is 9.84 Å². The Hall–Kier alpha value is -0.130. The SMILES string of the molecule is NC(CO)S(=O)(=O)C1CCCCC1. The highest BCUT2D eigenvalue weighted by molar-refractivity contribution is 7.92. The van der Waals surface area contributed by atoms with Crippen molar-refractivity contribution >= 4 is 9.84 Å². The normalized spacial score (nSPS) is 22.9. The van der Waals surface area contributed by atoms with E-state index in [1.54, 1.807) is 0 Å². The lowest BCUT2D eigenvalue weighted by molar-refractivity contribution is 0.290. The third-order valence-electron chi connectivity index (χ3n) is 2.62. The number of rotatable bonds is 3. The van der Waals surface area contributed by atoms with Crippen LogP contribution in [0.3, 0.4) is 0 Å². The van der Waals surface area contributed by atoms with E-state index < -0.39 is 21.8 Å². The summed E-state index contributed by atoms with van der Waals surface area (Å²) in [5.74, 6) is 0. The van der Waals surface area contributed by atoms with Gasteiger partial charge in [-0.05, 0) is 12.8 Å². The third kappa shape index (κ3) is 2.42. The maximum atomic E-state index is 11.6. The molecule has 0 amide bonds. The molecule has 0 spiro atoms. The molecule has 4 nitrogen and oxygen atoms in total. The Bertz CT molecular complexity index is 244. The van der Waals surface area contributed by atoms with Gasteiger partial charge < -0.3 is 10.8 Å². The Balaban J connectivity index is 2.67. The second-order valence-electron chi connectivity index (χ2n) is 3.57. The standard InChI is InChI=1S/C8H17NO3S/c9-8(6-10)13(11,12)7-4-2-1-3-5-7/h7-8,10H,1-6,9H2. The van der Waals surface area contributed by atoms with Crippen molar-refractivity contribution in [3.8, 4) is 0 Å². The number of sulfone groups is 1. The summed E-state index contributed by atoms with van der Waals surface area (Å²) >= 11 is 0. The van der Waals surface area contributed by atoms with E-state index in [1.807, 2.05) is 0 Å². The molecule has 0 radical (unpaired) electrons. The van der Waals surface area contributed by atoms with Crippen molar-refractivity contribution in [2.75, 3.05) is 6.61 Å². The smallest absolute Gasteiger partial charge is 0.171 e. The lowest BCUT2D eigenvalue weighted by Gasteiger charge is -2.24. The van der Waals surface area contributed by atoms with Crippen molar-refractivity contribution in [3.63, 3.8) is 0 Å². The van der Waals surface area contributed by atoms with Crippen LogP contribution in [0.5, 0.6) is 0 Å². The maximum Gasteiger partial charge on any atom is 0.171 e. The van der Waals surface area contributed by atoms with E-state index in [-0.39, 0.29) is 5.25 Å². The van der Waals surface area contributed by atoms with Crippen LogP contribution < -0.4 is 5.73 Å². The minimum Gasteiger partial charge on any atom is -0.394 e. The molecule has 1 aliphatic carbocycles. The van der Waals surface area contributed by atoms with Gasteiger partial charge in [-0.25, -0.2) is 8.42 Å². The highest BCUT2D eigenvalue weighted by atomic mass is 32.2. The average Bonchev–Trinajstić information content (AvgIpc) is 2.18. The van der Waals surface area contributed by atoms with Crippen LogP contribution in [0.1, 0.15) is 32.1 Å². The first kappa shape index (κ1) is 10.9. The molecule has 0 aromatic heterocycles. The van der Waals surface area contributed by atoms with Crippen molar-refractivity contribution in [3.05, 3.63) is 0 Å². The Morgan fingerprint density at radius 2 is 1.85 bits per heavy atom. The monoisotopic (exact) mass is 207 g/mol. The number of hydrogen-bond acceptors (Lipinski definition) is 4. The van der Waals surface area contributed by atoms with Gasteiger partial charge in [-0.1, -0.05) is 19.3 Å². The average molecular weight is 207 g/mol. The van der Waals surface area contributed by atoms with Gasteiger partial charge in [0.25, 0.3) is 0 Å². The fourth-order valence-electron chi connectivity index (χ4n) is 1.74. The molecule has 0 aromatic rings. The molecule has 0 aliphatic heterocycles. The van der Waals surface area contributed by atoms with Gasteiger partial charge in [-0.15, -0.1) is 0 Å². The van der Waals surface area contributed by atoms with Crippen LogP contribution in [-0.4, -0.2) is 30.8 Å². The first-order chi connectivity index (χ1) is 6.09. The van der Waals surface area contributed by atoms with E-state index in [9.17, 15) is 8.42 Å². The number of hydrogen-bond donors (Lipinski definition) is 2. The predicted octanol–water partition coefficient (Wildman–Crippen LogP) is 0.0110. The van der Waals surface area contributed by atoms with E-state index in [0.29, 0.717) is 12.8 Å². The molecular weight excluding hydrogens is 190 g/mol.